The van der Waals surface area contributed by atoms with Crippen molar-refractivity contribution >= 4 is 22.6 Å². The van der Waals surface area contributed by atoms with Crippen LogP contribution in [0.5, 0.6) is 0 Å². The van der Waals surface area contributed by atoms with Crippen molar-refractivity contribution in [3.63, 3.8) is 0 Å². The maximum Gasteiger partial charge on any atom is 0.0250 e. The molecule has 1 aliphatic heterocycles. The zero-order chi connectivity index (χ0) is 14.8. The molecule has 1 aliphatic rings. The molecular weight excluding hydrogens is 371 g/mol. The van der Waals surface area contributed by atoms with E-state index in [9.17, 15) is 0 Å². The number of hydrogen-bond donors (Lipinski definition) is 1. The second-order valence-electron chi connectivity index (χ2n) is 5.96. The van der Waals surface area contributed by atoms with Gasteiger partial charge in [0.05, 0.1) is 0 Å². The quantitative estimate of drug-likeness (QED) is 0.810. The van der Waals surface area contributed by atoms with Crippen LogP contribution in [0.3, 0.4) is 0 Å². The van der Waals surface area contributed by atoms with E-state index in [-0.39, 0.29) is 6.04 Å². The fraction of sp³-hybridized carbons (Fsp3) is 0.333. The molecule has 2 nitrogen and oxygen atoms in total. The monoisotopic (exact) mass is 392 g/mol. The summed E-state index contributed by atoms with van der Waals surface area (Å²) >= 11 is 2.41. The number of nitrogens with two attached hydrogens (primary N) is 1. The Morgan fingerprint density at radius 3 is 2.62 bits per heavy atom. The number of likely N-dealkylation sites (tertiary alicyclic amines) is 1. The zero-order valence-corrected chi connectivity index (χ0v) is 14.5. The van der Waals surface area contributed by atoms with Crippen molar-refractivity contribution in [2.75, 3.05) is 13.1 Å². The predicted octanol–water partition coefficient (Wildman–Crippen LogP) is 3.53. The number of rotatable bonds is 3. The highest BCUT2D eigenvalue weighted by Crippen LogP contribution is 2.29. The van der Waals surface area contributed by atoms with E-state index >= 15 is 0 Å². The van der Waals surface area contributed by atoms with Gasteiger partial charge < -0.3 is 5.73 Å². The minimum atomic E-state index is 0.229. The van der Waals surface area contributed by atoms with Gasteiger partial charge in [-0.3, -0.25) is 4.90 Å². The van der Waals surface area contributed by atoms with E-state index in [0.717, 1.165) is 19.6 Å². The minimum absolute atomic E-state index is 0.229. The first-order chi connectivity index (χ1) is 10.1. The van der Waals surface area contributed by atoms with Gasteiger partial charge in [0, 0.05) is 35.2 Å². The van der Waals surface area contributed by atoms with Crippen LogP contribution in [0.4, 0.5) is 0 Å². The second-order valence-corrected chi connectivity index (χ2v) is 7.12. The van der Waals surface area contributed by atoms with Crippen LogP contribution < -0.4 is 5.73 Å². The van der Waals surface area contributed by atoms with E-state index in [2.05, 4.69) is 82.9 Å². The third-order valence-electron chi connectivity index (χ3n) is 4.31. The van der Waals surface area contributed by atoms with Gasteiger partial charge in [-0.15, -0.1) is 0 Å². The predicted molar refractivity (Wildman–Crippen MR) is 96.3 cm³/mol. The second kappa shape index (κ2) is 6.46. The van der Waals surface area contributed by atoms with Crippen molar-refractivity contribution in [2.45, 2.75) is 25.4 Å². The third-order valence-corrected chi connectivity index (χ3v) is 5.48. The van der Waals surface area contributed by atoms with Crippen LogP contribution in [-0.4, -0.2) is 24.0 Å². The van der Waals surface area contributed by atoms with Gasteiger partial charge in [0.15, 0.2) is 0 Å². The van der Waals surface area contributed by atoms with Crippen LogP contribution in [0.1, 0.15) is 22.6 Å². The summed E-state index contributed by atoms with van der Waals surface area (Å²) in [6, 6.07) is 17.6. The number of aryl methyl sites for hydroxylation is 1. The number of nitrogens with zero attached hydrogens (tertiary/aromatic N) is 1. The molecule has 3 heteroatoms. The fourth-order valence-corrected chi connectivity index (χ4v) is 3.62. The van der Waals surface area contributed by atoms with Gasteiger partial charge in [-0.25, -0.2) is 0 Å². The SMILES string of the molecule is Cc1ccc(C2CN(Cc3ccccc3)CC2N)cc1I. The molecule has 0 spiro atoms. The van der Waals surface area contributed by atoms with Gasteiger partial charge >= 0.3 is 0 Å². The molecule has 110 valence electrons. The number of benzene rings is 2. The lowest BCUT2D eigenvalue weighted by molar-refractivity contribution is 0.324. The van der Waals surface area contributed by atoms with Gasteiger partial charge in [0.25, 0.3) is 0 Å². The standard InChI is InChI=1S/C18H21IN2/c1-13-7-8-15(9-17(13)19)16-11-21(12-18(16)20)10-14-5-3-2-4-6-14/h2-9,16,18H,10-12,20H2,1H3. The van der Waals surface area contributed by atoms with Crippen LogP contribution >= 0.6 is 22.6 Å². The maximum atomic E-state index is 6.40. The van der Waals surface area contributed by atoms with Crippen molar-refractivity contribution in [3.05, 3.63) is 68.8 Å². The Labute approximate surface area is 140 Å². The Hall–Kier alpha value is -0.910. The lowest BCUT2D eigenvalue weighted by Crippen LogP contribution is -2.28. The van der Waals surface area contributed by atoms with Gasteiger partial charge in [0.1, 0.15) is 0 Å². The van der Waals surface area contributed by atoms with Crippen molar-refractivity contribution in [1.82, 2.24) is 4.90 Å². The number of halogens is 1. The van der Waals surface area contributed by atoms with E-state index in [1.165, 1.54) is 20.3 Å². The Morgan fingerprint density at radius 1 is 1.14 bits per heavy atom. The van der Waals surface area contributed by atoms with Crippen molar-refractivity contribution < 1.29 is 0 Å². The fourth-order valence-electron chi connectivity index (χ4n) is 3.08. The van der Waals surface area contributed by atoms with Gasteiger partial charge in [-0.2, -0.15) is 0 Å². The molecule has 2 unspecified atom stereocenters. The molecule has 21 heavy (non-hydrogen) atoms. The van der Waals surface area contributed by atoms with E-state index in [1.807, 2.05) is 0 Å². The molecule has 2 atom stereocenters. The first-order valence-corrected chi connectivity index (χ1v) is 8.49. The van der Waals surface area contributed by atoms with Crippen LogP contribution in [-0.2, 0) is 6.54 Å². The Bertz CT molecular complexity index is 612. The molecule has 0 aromatic heterocycles. The Kier molecular flexibility index (Phi) is 4.62. The van der Waals surface area contributed by atoms with Gasteiger partial charge in [-0.05, 0) is 52.3 Å². The molecule has 1 saturated heterocycles. The van der Waals surface area contributed by atoms with E-state index in [0.29, 0.717) is 5.92 Å². The third kappa shape index (κ3) is 3.47. The molecular formula is C18H21IN2. The summed E-state index contributed by atoms with van der Waals surface area (Å²) in [5.74, 6) is 0.447. The molecule has 0 radical (unpaired) electrons. The Morgan fingerprint density at radius 2 is 1.90 bits per heavy atom. The van der Waals surface area contributed by atoms with E-state index in [4.69, 9.17) is 5.73 Å². The molecule has 3 rings (SSSR count). The molecule has 2 N–H and O–H groups in total. The first kappa shape index (κ1) is 15.0. The Balaban J connectivity index is 1.72. The highest BCUT2D eigenvalue weighted by molar-refractivity contribution is 14.1. The molecule has 0 saturated carbocycles. The zero-order valence-electron chi connectivity index (χ0n) is 12.3. The average molecular weight is 392 g/mol. The number of hydrogen-bond acceptors (Lipinski definition) is 2. The van der Waals surface area contributed by atoms with Crippen LogP contribution in [0.2, 0.25) is 0 Å². The summed E-state index contributed by atoms with van der Waals surface area (Å²) in [4.78, 5) is 2.47. The molecule has 2 aromatic rings. The topological polar surface area (TPSA) is 29.3 Å². The first-order valence-electron chi connectivity index (χ1n) is 7.41. The minimum Gasteiger partial charge on any atom is -0.326 e. The summed E-state index contributed by atoms with van der Waals surface area (Å²) in [6.07, 6.45) is 0. The highest BCUT2D eigenvalue weighted by Gasteiger charge is 2.31. The van der Waals surface area contributed by atoms with Crippen LogP contribution in [0.15, 0.2) is 48.5 Å². The van der Waals surface area contributed by atoms with Crippen LogP contribution in [0.25, 0.3) is 0 Å². The average Bonchev–Trinajstić information content (AvgIpc) is 2.84. The largest absolute Gasteiger partial charge is 0.326 e. The maximum absolute atomic E-state index is 6.40. The highest BCUT2D eigenvalue weighted by atomic mass is 127. The van der Waals surface area contributed by atoms with Gasteiger partial charge in [0.2, 0.25) is 0 Å². The summed E-state index contributed by atoms with van der Waals surface area (Å²) in [5.41, 5.74) is 10.5. The summed E-state index contributed by atoms with van der Waals surface area (Å²) < 4.78 is 1.33. The van der Waals surface area contributed by atoms with Gasteiger partial charge in [-0.1, -0.05) is 42.5 Å². The smallest absolute Gasteiger partial charge is 0.0250 e. The summed E-state index contributed by atoms with van der Waals surface area (Å²) in [6.45, 7) is 5.18. The molecule has 2 aromatic carbocycles. The van der Waals surface area contributed by atoms with E-state index < -0.39 is 0 Å². The van der Waals surface area contributed by atoms with E-state index in [1.54, 1.807) is 0 Å². The summed E-state index contributed by atoms with van der Waals surface area (Å²) in [7, 11) is 0. The lowest BCUT2D eigenvalue weighted by atomic mass is 9.94. The van der Waals surface area contributed by atoms with Crippen LogP contribution in [0, 0.1) is 10.5 Å². The van der Waals surface area contributed by atoms with Crippen molar-refractivity contribution in [1.29, 1.82) is 0 Å². The molecule has 0 aliphatic carbocycles. The lowest BCUT2D eigenvalue weighted by Gasteiger charge is -2.17. The molecule has 0 amide bonds. The van der Waals surface area contributed by atoms with Crippen molar-refractivity contribution in [3.8, 4) is 0 Å². The normalized spacial score (nSPS) is 22.6. The summed E-state index contributed by atoms with van der Waals surface area (Å²) in [5, 5.41) is 0. The molecule has 1 heterocycles. The molecule has 0 bridgehead atoms. The molecule has 1 fully saturated rings. The van der Waals surface area contributed by atoms with Crippen molar-refractivity contribution in [2.24, 2.45) is 5.73 Å².